The number of halogens is 2. The lowest BCUT2D eigenvalue weighted by molar-refractivity contribution is 0.299. The molecule has 0 saturated carbocycles. The quantitative estimate of drug-likeness (QED) is 0.507. The van der Waals surface area contributed by atoms with Crippen LogP contribution in [0.2, 0.25) is 5.02 Å². The second-order valence-electron chi connectivity index (χ2n) is 8.79. The maximum Gasteiger partial charge on any atom is 0.328 e. The molecule has 5 rings (SSSR count). The van der Waals surface area contributed by atoms with Gasteiger partial charge >= 0.3 is 5.69 Å². The number of fused-ring (bicyclic) bond motifs is 2. The van der Waals surface area contributed by atoms with Crippen LogP contribution < -0.4 is 11.2 Å². The molecule has 0 radical (unpaired) electrons. The monoisotopic (exact) mass is 491 g/mol. The SMILES string of the molecule is Cl.O=c1[nH]c(=O)n(CCCCN2CCC3(CCc4cc(Cl)ccc43)C2)cc1-c1cccs1. The Kier molecular flexibility index (Phi) is 6.96. The third kappa shape index (κ3) is 4.46. The summed E-state index contributed by atoms with van der Waals surface area (Å²) >= 11 is 7.69. The highest BCUT2D eigenvalue weighted by Gasteiger charge is 2.43. The van der Waals surface area contributed by atoms with Crippen molar-refractivity contribution in [2.45, 2.75) is 44.1 Å². The molecule has 1 aliphatic heterocycles. The first-order chi connectivity index (χ1) is 15.0. The van der Waals surface area contributed by atoms with Crippen molar-refractivity contribution in [1.82, 2.24) is 14.5 Å². The topological polar surface area (TPSA) is 58.1 Å². The summed E-state index contributed by atoms with van der Waals surface area (Å²) in [4.78, 5) is 30.3. The van der Waals surface area contributed by atoms with Gasteiger partial charge in [-0.2, -0.15) is 0 Å². The molecule has 1 aliphatic carbocycles. The Morgan fingerprint density at radius 2 is 1.97 bits per heavy atom. The summed E-state index contributed by atoms with van der Waals surface area (Å²) < 4.78 is 1.64. The Hall–Kier alpha value is -1.86. The smallest absolute Gasteiger partial charge is 0.302 e. The van der Waals surface area contributed by atoms with Gasteiger partial charge in [0.15, 0.2) is 0 Å². The van der Waals surface area contributed by atoms with Gasteiger partial charge in [-0.25, -0.2) is 4.79 Å². The number of unbranched alkanes of at least 4 members (excludes halogenated alkanes) is 1. The fraction of sp³-hybridized carbons (Fsp3) is 0.417. The summed E-state index contributed by atoms with van der Waals surface area (Å²) in [5.74, 6) is 0. The lowest BCUT2D eigenvalue weighted by atomic mass is 9.81. The largest absolute Gasteiger partial charge is 0.328 e. The Morgan fingerprint density at radius 1 is 1.12 bits per heavy atom. The Morgan fingerprint density at radius 3 is 2.78 bits per heavy atom. The third-order valence-corrected chi connectivity index (χ3v) is 8.00. The van der Waals surface area contributed by atoms with Gasteiger partial charge in [0.25, 0.3) is 5.56 Å². The van der Waals surface area contributed by atoms with Crippen LogP contribution in [0, 0.1) is 0 Å². The number of rotatable bonds is 6. The number of nitrogens with zero attached hydrogens (tertiary/aromatic N) is 2. The predicted molar refractivity (Wildman–Crippen MR) is 134 cm³/mol. The van der Waals surface area contributed by atoms with Crippen LogP contribution in [0.1, 0.15) is 36.8 Å². The molecule has 2 aromatic heterocycles. The van der Waals surface area contributed by atoms with Gasteiger partial charge in [0.2, 0.25) is 0 Å². The number of aromatic amines is 1. The van der Waals surface area contributed by atoms with E-state index in [2.05, 4.69) is 22.0 Å². The molecule has 1 aromatic carbocycles. The van der Waals surface area contributed by atoms with Crippen molar-refractivity contribution in [3.8, 4) is 10.4 Å². The minimum atomic E-state index is -0.327. The molecule has 1 saturated heterocycles. The van der Waals surface area contributed by atoms with Gasteiger partial charge in [-0.1, -0.05) is 23.7 Å². The molecule has 1 fully saturated rings. The molecule has 3 heterocycles. The minimum Gasteiger partial charge on any atom is -0.302 e. The highest BCUT2D eigenvalue weighted by atomic mass is 35.5. The van der Waals surface area contributed by atoms with Gasteiger partial charge < -0.3 is 4.90 Å². The lowest BCUT2D eigenvalue weighted by Crippen LogP contribution is -2.31. The normalized spacial score (nSPS) is 19.9. The number of hydrogen-bond donors (Lipinski definition) is 1. The molecular weight excluding hydrogens is 465 g/mol. The van der Waals surface area contributed by atoms with Crippen molar-refractivity contribution < 1.29 is 0 Å². The molecule has 1 unspecified atom stereocenters. The maximum absolute atomic E-state index is 12.2. The second-order valence-corrected chi connectivity index (χ2v) is 10.2. The van der Waals surface area contributed by atoms with Crippen LogP contribution in [0.5, 0.6) is 0 Å². The van der Waals surface area contributed by atoms with Gasteiger partial charge in [-0.15, -0.1) is 23.7 Å². The third-order valence-electron chi connectivity index (χ3n) is 6.87. The summed E-state index contributed by atoms with van der Waals surface area (Å²) in [7, 11) is 0. The number of H-pyrrole nitrogens is 1. The molecule has 0 bridgehead atoms. The highest BCUT2D eigenvalue weighted by molar-refractivity contribution is 7.13. The molecule has 1 N–H and O–H groups in total. The number of nitrogens with one attached hydrogen (secondary N) is 1. The summed E-state index contributed by atoms with van der Waals surface area (Å²) in [6, 6.07) is 10.2. The number of benzene rings is 1. The van der Waals surface area contributed by atoms with Gasteiger partial charge in [0.05, 0.1) is 5.56 Å². The van der Waals surface area contributed by atoms with E-state index in [4.69, 9.17) is 11.6 Å². The van der Waals surface area contributed by atoms with Crippen molar-refractivity contribution in [3.05, 3.63) is 78.9 Å². The maximum atomic E-state index is 12.2. The van der Waals surface area contributed by atoms with E-state index in [1.807, 2.05) is 23.6 Å². The number of hydrogen-bond acceptors (Lipinski definition) is 4. The van der Waals surface area contributed by atoms with E-state index in [1.54, 1.807) is 10.8 Å². The zero-order valence-electron chi connectivity index (χ0n) is 17.8. The lowest BCUT2D eigenvalue weighted by Gasteiger charge is -2.25. The van der Waals surface area contributed by atoms with Crippen molar-refractivity contribution in [1.29, 1.82) is 0 Å². The molecule has 3 aromatic rings. The fourth-order valence-electron chi connectivity index (χ4n) is 5.27. The van der Waals surface area contributed by atoms with Crippen molar-refractivity contribution in [2.75, 3.05) is 19.6 Å². The first-order valence-electron chi connectivity index (χ1n) is 10.9. The van der Waals surface area contributed by atoms with E-state index in [1.165, 1.54) is 35.3 Å². The molecule has 32 heavy (non-hydrogen) atoms. The minimum absolute atomic E-state index is 0. The van der Waals surface area contributed by atoms with E-state index in [0.29, 0.717) is 17.5 Å². The van der Waals surface area contributed by atoms with Crippen LogP contribution in [-0.4, -0.2) is 34.1 Å². The van der Waals surface area contributed by atoms with Crippen LogP contribution in [0.15, 0.2) is 51.5 Å². The van der Waals surface area contributed by atoms with E-state index >= 15 is 0 Å². The Bertz CT molecular complexity index is 1200. The number of aryl methyl sites for hydroxylation is 2. The van der Waals surface area contributed by atoms with E-state index in [9.17, 15) is 9.59 Å². The fourth-order valence-corrected chi connectivity index (χ4v) is 6.20. The first-order valence-corrected chi connectivity index (χ1v) is 12.2. The molecule has 1 atom stereocenters. The number of likely N-dealkylation sites (tertiary alicyclic amines) is 1. The van der Waals surface area contributed by atoms with Crippen LogP contribution in [0.25, 0.3) is 10.4 Å². The van der Waals surface area contributed by atoms with Crippen LogP contribution in [0.4, 0.5) is 0 Å². The first kappa shape index (κ1) is 23.3. The van der Waals surface area contributed by atoms with Gasteiger partial charge in [-0.05, 0) is 79.9 Å². The van der Waals surface area contributed by atoms with Gasteiger partial charge in [-0.3, -0.25) is 14.3 Å². The second kappa shape index (κ2) is 9.56. The van der Waals surface area contributed by atoms with Crippen LogP contribution in [0.3, 0.4) is 0 Å². The average Bonchev–Trinajstić information content (AvgIpc) is 3.49. The predicted octanol–water partition coefficient (Wildman–Crippen LogP) is 4.71. The van der Waals surface area contributed by atoms with Crippen molar-refractivity contribution >= 4 is 35.3 Å². The van der Waals surface area contributed by atoms with E-state index in [-0.39, 0.29) is 23.7 Å². The Balaban J connectivity index is 0.00000245. The van der Waals surface area contributed by atoms with Gasteiger partial charge in [0.1, 0.15) is 0 Å². The number of aromatic nitrogens is 2. The molecule has 8 heteroatoms. The van der Waals surface area contributed by atoms with Crippen LogP contribution >= 0.6 is 35.3 Å². The molecule has 5 nitrogen and oxygen atoms in total. The molecule has 0 amide bonds. The average molecular weight is 492 g/mol. The zero-order chi connectivity index (χ0) is 21.4. The van der Waals surface area contributed by atoms with Crippen molar-refractivity contribution in [2.24, 2.45) is 0 Å². The van der Waals surface area contributed by atoms with Gasteiger partial charge in [0, 0.05) is 34.6 Å². The van der Waals surface area contributed by atoms with E-state index < -0.39 is 0 Å². The van der Waals surface area contributed by atoms with Crippen LogP contribution in [-0.2, 0) is 18.4 Å². The standard InChI is InChI=1S/C24H26ClN3O2S.ClH/c25-18-5-6-20-17(14-18)7-8-24(20)9-12-27(16-24)10-1-2-11-28-15-19(21-4-3-13-31-21)22(29)26-23(28)30;/h3-6,13-15H,1-2,7-12,16H2,(H,26,29,30);1H. The zero-order valence-corrected chi connectivity index (χ0v) is 20.2. The number of thiophene rings is 1. The summed E-state index contributed by atoms with van der Waals surface area (Å²) in [5, 5.41) is 2.77. The van der Waals surface area contributed by atoms with E-state index in [0.717, 1.165) is 48.8 Å². The molecular formula is C24H27Cl2N3O2S. The Labute approximate surface area is 202 Å². The van der Waals surface area contributed by atoms with Crippen molar-refractivity contribution in [3.63, 3.8) is 0 Å². The molecule has 170 valence electrons. The summed E-state index contributed by atoms with van der Waals surface area (Å²) in [6.07, 6.45) is 7.21. The summed E-state index contributed by atoms with van der Waals surface area (Å²) in [5.41, 5.74) is 3.14. The molecule has 1 spiro atoms. The summed E-state index contributed by atoms with van der Waals surface area (Å²) in [6.45, 7) is 3.90. The molecule has 2 aliphatic rings. The highest BCUT2D eigenvalue weighted by Crippen LogP contribution is 2.46.